The van der Waals surface area contributed by atoms with Gasteiger partial charge >= 0.3 is 0 Å². The lowest BCUT2D eigenvalue weighted by atomic mass is 10.2. The fourth-order valence-electron chi connectivity index (χ4n) is 2.18. The van der Waals surface area contributed by atoms with Gasteiger partial charge in [0.05, 0.1) is 6.54 Å². The largest absolute Gasteiger partial charge is 0.389 e. The average molecular weight is 309 g/mol. The Labute approximate surface area is 129 Å². The lowest BCUT2D eigenvalue weighted by Gasteiger charge is -2.22. The van der Waals surface area contributed by atoms with Crippen LogP contribution in [-0.2, 0) is 4.79 Å². The number of amides is 1. The van der Waals surface area contributed by atoms with Gasteiger partial charge in [-0.25, -0.2) is 0 Å². The smallest absolute Gasteiger partial charge is 0.238 e. The minimum absolute atomic E-state index is 0.00973. The fourth-order valence-corrected chi connectivity index (χ4v) is 3.60. The van der Waals surface area contributed by atoms with Crippen LogP contribution in [0.25, 0.3) is 0 Å². The summed E-state index contributed by atoms with van der Waals surface area (Å²) >= 11 is 6.88. The number of carbonyl (C=O) groups is 1. The van der Waals surface area contributed by atoms with E-state index in [2.05, 4.69) is 10.2 Å². The number of nitrogens with two attached hydrogens (primary N) is 1. The molecule has 1 aliphatic rings. The van der Waals surface area contributed by atoms with Crippen LogP contribution in [-0.4, -0.2) is 46.9 Å². The molecule has 1 atom stereocenters. The zero-order valence-corrected chi connectivity index (χ0v) is 13.1. The molecule has 1 amide bonds. The van der Waals surface area contributed by atoms with Gasteiger partial charge in [-0.15, -0.1) is 0 Å². The van der Waals surface area contributed by atoms with Gasteiger partial charge in [-0.05, 0) is 31.4 Å². The second kappa shape index (κ2) is 7.06. The van der Waals surface area contributed by atoms with E-state index in [1.165, 1.54) is 5.75 Å². The molecule has 1 fully saturated rings. The number of rotatable bonds is 5. The highest BCUT2D eigenvalue weighted by Gasteiger charge is 2.21. The maximum Gasteiger partial charge on any atom is 0.238 e. The Kier molecular flexibility index (Phi) is 5.39. The molecule has 1 heterocycles. The molecule has 0 bridgehead atoms. The molecule has 108 valence electrons. The van der Waals surface area contributed by atoms with Crippen LogP contribution in [0.5, 0.6) is 0 Å². The van der Waals surface area contributed by atoms with E-state index in [0.717, 1.165) is 23.4 Å². The lowest BCUT2D eigenvalue weighted by Crippen LogP contribution is -2.38. The first-order chi connectivity index (χ1) is 9.56. The highest BCUT2D eigenvalue weighted by atomic mass is 32.2. The van der Waals surface area contributed by atoms with E-state index in [4.69, 9.17) is 18.0 Å². The summed E-state index contributed by atoms with van der Waals surface area (Å²) in [5.41, 5.74) is 7.08. The van der Waals surface area contributed by atoms with E-state index in [1.807, 2.05) is 37.0 Å². The molecule has 1 aromatic carbocycles. The van der Waals surface area contributed by atoms with Crippen molar-refractivity contribution in [2.45, 2.75) is 12.5 Å². The van der Waals surface area contributed by atoms with Gasteiger partial charge in [-0.1, -0.05) is 24.4 Å². The highest BCUT2D eigenvalue weighted by molar-refractivity contribution is 7.99. The Morgan fingerprint density at radius 3 is 3.05 bits per heavy atom. The van der Waals surface area contributed by atoms with Gasteiger partial charge in [0.2, 0.25) is 5.91 Å². The van der Waals surface area contributed by atoms with E-state index in [9.17, 15) is 4.79 Å². The zero-order chi connectivity index (χ0) is 14.5. The minimum atomic E-state index is -0.00973. The van der Waals surface area contributed by atoms with E-state index in [-0.39, 0.29) is 5.91 Å². The van der Waals surface area contributed by atoms with Crippen molar-refractivity contribution in [1.82, 2.24) is 4.90 Å². The van der Waals surface area contributed by atoms with E-state index < -0.39 is 0 Å². The van der Waals surface area contributed by atoms with Crippen LogP contribution in [0.15, 0.2) is 24.3 Å². The molecule has 0 aliphatic carbocycles. The minimum Gasteiger partial charge on any atom is -0.389 e. The van der Waals surface area contributed by atoms with Crippen molar-refractivity contribution in [3.05, 3.63) is 29.8 Å². The van der Waals surface area contributed by atoms with Crippen LogP contribution in [0.1, 0.15) is 12.0 Å². The van der Waals surface area contributed by atoms with Crippen LogP contribution in [0, 0.1) is 0 Å². The van der Waals surface area contributed by atoms with Crippen molar-refractivity contribution in [3.8, 4) is 0 Å². The maximum atomic E-state index is 12.0. The Morgan fingerprint density at radius 1 is 1.60 bits per heavy atom. The van der Waals surface area contributed by atoms with Crippen LogP contribution < -0.4 is 11.1 Å². The number of anilines is 1. The third-order valence-electron chi connectivity index (χ3n) is 3.35. The van der Waals surface area contributed by atoms with Crippen molar-refractivity contribution in [1.29, 1.82) is 0 Å². The Hall–Kier alpha value is -1.11. The summed E-state index contributed by atoms with van der Waals surface area (Å²) in [4.78, 5) is 14.5. The first-order valence-electron chi connectivity index (χ1n) is 6.54. The predicted octanol–water partition coefficient (Wildman–Crippen LogP) is 1.70. The first kappa shape index (κ1) is 15.3. The van der Waals surface area contributed by atoms with Crippen LogP contribution in [0.2, 0.25) is 0 Å². The van der Waals surface area contributed by atoms with Gasteiger partial charge in [-0.2, -0.15) is 11.8 Å². The molecule has 2 rings (SSSR count). The molecule has 1 aromatic rings. The first-order valence-corrected chi connectivity index (χ1v) is 8.10. The number of likely N-dealkylation sites (N-methyl/N-ethyl adjacent to an activating group) is 1. The van der Waals surface area contributed by atoms with E-state index >= 15 is 0 Å². The zero-order valence-electron chi connectivity index (χ0n) is 11.5. The SMILES string of the molecule is CN(CC(=O)Nc1cccc(C(N)=S)c1)C1CCSC1. The van der Waals surface area contributed by atoms with E-state index in [1.54, 1.807) is 6.07 Å². The fraction of sp³-hybridized carbons (Fsp3) is 0.429. The Bertz CT molecular complexity index is 501. The number of nitrogens with one attached hydrogen (secondary N) is 1. The van der Waals surface area contributed by atoms with Crippen molar-refractivity contribution in [2.75, 3.05) is 30.4 Å². The molecular formula is C14H19N3OS2. The van der Waals surface area contributed by atoms with Crippen LogP contribution in [0.3, 0.4) is 0 Å². The summed E-state index contributed by atoms with van der Waals surface area (Å²) in [5.74, 6) is 2.29. The lowest BCUT2D eigenvalue weighted by molar-refractivity contribution is -0.117. The van der Waals surface area contributed by atoms with Gasteiger partial charge in [0, 0.05) is 23.0 Å². The molecule has 0 saturated carbocycles. The van der Waals surface area contributed by atoms with Gasteiger partial charge in [0.1, 0.15) is 4.99 Å². The molecule has 0 aromatic heterocycles. The van der Waals surface area contributed by atoms with Gasteiger partial charge < -0.3 is 11.1 Å². The third-order valence-corrected chi connectivity index (χ3v) is 4.73. The summed E-state index contributed by atoms with van der Waals surface area (Å²) in [7, 11) is 2.00. The molecule has 6 heteroatoms. The number of hydrogen-bond donors (Lipinski definition) is 2. The van der Waals surface area contributed by atoms with Crippen molar-refractivity contribution in [2.24, 2.45) is 5.73 Å². The monoisotopic (exact) mass is 309 g/mol. The number of thioether (sulfide) groups is 1. The van der Waals surface area contributed by atoms with Crippen molar-refractivity contribution in [3.63, 3.8) is 0 Å². The standard InChI is InChI=1S/C14H19N3OS2/c1-17(12-5-6-20-9-12)8-13(18)16-11-4-2-3-10(7-11)14(15)19/h2-4,7,12H,5-6,8-9H2,1H3,(H2,15,19)(H,16,18). The second-order valence-corrected chi connectivity index (χ2v) is 6.52. The van der Waals surface area contributed by atoms with Crippen molar-refractivity contribution >= 4 is 40.6 Å². The van der Waals surface area contributed by atoms with Gasteiger partial charge in [-0.3, -0.25) is 9.69 Å². The predicted molar refractivity (Wildman–Crippen MR) is 89.3 cm³/mol. The van der Waals surface area contributed by atoms with E-state index in [0.29, 0.717) is 17.6 Å². The molecule has 20 heavy (non-hydrogen) atoms. The average Bonchev–Trinajstić information content (AvgIpc) is 2.92. The summed E-state index contributed by atoms with van der Waals surface area (Å²) in [5, 5.41) is 2.89. The number of nitrogens with zero attached hydrogens (tertiary/aromatic N) is 1. The summed E-state index contributed by atoms with van der Waals surface area (Å²) in [6, 6.07) is 7.81. The summed E-state index contributed by atoms with van der Waals surface area (Å²) in [6.45, 7) is 0.405. The normalized spacial score (nSPS) is 18.2. The molecule has 1 saturated heterocycles. The second-order valence-electron chi connectivity index (χ2n) is 4.93. The highest BCUT2D eigenvalue weighted by Crippen LogP contribution is 2.21. The molecule has 0 spiro atoms. The summed E-state index contributed by atoms with van der Waals surface area (Å²) < 4.78 is 0. The van der Waals surface area contributed by atoms with Crippen LogP contribution >= 0.6 is 24.0 Å². The number of thiocarbonyl (C=S) groups is 1. The molecule has 4 nitrogen and oxygen atoms in total. The number of hydrogen-bond acceptors (Lipinski definition) is 4. The quantitative estimate of drug-likeness (QED) is 0.811. The van der Waals surface area contributed by atoms with Gasteiger partial charge in [0.25, 0.3) is 0 Å². The molecule has 1 aliphatic heterocycles. The Morgan fingerprint density at radius 2 is 2.40 bits per heavy atom. The van der Waals surface area contributed by atoms with Crippen LogP contribution in [0.4, 0.5) is 5.69 Å². The van der Waals surface area contributed by atoms with Crippen molar-refractivity contribution < 1.29 is 4.79 Å². The summed E-state index contributed by atoms with van der Waals surface area (Å²) in [6.07, 6.45) is 1.16. The molecule has 0 radical (unpaired) electrons. The molecule has 3 N–H and O–H groups in total. The third kappa shape index (κ3) is 4.19. The topological polar surface area (TPSA) is 58.4 Å². The number of benzene rings is 1. The Balaban J connectivity index is 1.90. The molecule has 1 unspecified atom stereocenters. The van der Waals surface area contributed by atoms with Gasteiger partial charge in [0.15, 0.2) is 0 Å². The maximum absolute atomic E-state index is 12.0. The number of carbonyl (C=O) groups excluding carboxylic acids is 1. The molecular weight excluding hydrogens is 290 g/mol.